The number of amides is 1. The average molecular weight is 258 g/mol. The predicted molar refractivity (Wildman–Crippen MR) is 66.1 cm³/mol. The molecule has 1 aliphatic rings. The number of hydrogen-bond donors (Lipinski definition) is 2. The van der Waals surface area contributed by atoms with Gasteiger partial charge in [0.2, 0.25) is 5.91 Å². The third kappa shape index (κ3) is 5.46. The normalized spacial score (nSPS) is 18.7. The number of carboxylic acid groups (broad SMARTS) is 1. The minimum atomic E-state index is -0.953. The molecule has 1 saturated heterocycles. The third-order valence-electron chi connectivity index (χ3n) is 3.05. The number of ether oxygens (including phenoxy) is 1. The lowest BCUT2D eigenvalue weighted by Crippen LogP contribution is -2.41. The van der Waals surface area contributed by atoms with Crippen LogP contribution in [0.5, 0.6) is 0 Å². The van der Waals surface area contributed by atoms with E-state index < -0.39 is 5.97 Å². The number of hydrogen-bond acceptors (Lipinski definition) is 4. The SMILES string of the molecule is CC(N)CCC(=O)N1CCC(OCC(=O)O)CC1. The Morgan fingerprint density at radius 3 is 2.56 bits per heavy atom. The Balaban J connectivity index is 2.22. The highest BCUT2D eigenvalue weighted by molar-refractivity contribution is 5.76. The molecule has 1 amide bonds. The number of carbonyl (C=O) groups excluding carboxylic acids is 1. The summed E-state index contributed by atoms with van der Waals surface area (Å²) in [5.74, 6) is -0.825. The number of carboxylic acids is 1. The number of nitrogens with two attached hydrogens (primary N) is 1. The number of carbonyl (C=O) groups is 2. The summed E-state index contributed by atoms with van der Waals surface area (Å²) < 4.78 is 5.21. The summed E-state index contributed by atoms with van der Waals surface area (Å²) in [6, 6.07) is 0.0467. The molecule has 0 aliphatic carbocycles. The van der Waals surface area contributed by atoms with E-state index >= 15 is 0 Å². The van der Waals surface area contributed by atoms with Crippen molar-refractivity contribution in [3.8, 4) is 0 Å². The van der Waals surface area contributed by atoms with Gasteiger partial charge in [-0.3, -0.25) is 4.79 Å². The second kappa shape index (κ2) is 7.33. The van der Waals surface area contributed by atoms with E-state index in [2.05, 4.69) is 0 Å². The highest BCUT2D eigenvalue weighted by Gasteiger charge is 2.23. The number of aliphatic carboxylic acids is 1. The van der Waals surface area contributed by atoms with Crippen molar-refractivity contribution >= 4 is 11.9 Å². The Hall–Kier alpha value is -1.14. The highest BCUT2D eigenvalue weighted by Crippen LogP contribution is 2.15. The topological polar surface area (TPSA) is 92.9 Å². The van der Waals surface area contributed by atoms with Gasteiger partial charge in [-0.15, -0.1) is 0 Å². The van der Waals surface area contributed by atoms with Gasteiger partial charge in [0.25, 0.3) is 0 Å². The van der Waals surface area contributed by atoms with E-state index in [-0.39, 0.29) is 24.7 Å². The Labute approximate surface area is 107 Å². The van der Waals surface area contributed by atoms with E-state index in [1.165, 1.54) is 0 Å². The third-order valence-corrected chi connectivity index (χ3v) is 3.05. The first-order chi connectivity index (χ1) is 8.49. The van der Waals surface area contributed by atoms with Crippen LogP contribution in [0.2, 0.25) is 0 Å². The fraction of sp³-hybridized carbons (Fsp3) is 0.833. The Kier molecular flexibility index (Phi) is 6.07. The average Bonchev–Trinajstić information content (AvgIpc) is 2.34. The molecule has 1 rings (SSSR count). The van der Waals surface area contributed by atoms with E-state index in [4.69, 9.17) is 15.6 Å². The van der Waals surface area contributed by atoms with Crippen LogP contribution in [0.15, 0.2) is 0 Å². The van der Waals surface area contributed by atoms with Gasteiger partial charge in [-0.05, 0) is 26.2 Å². The van der Waals surface area contributed by atoms with E-state index in [0.29, 0.717) is 38.8 Å². The van der Waals surface area contributed by atoms with Gasteiger partial charge in [-0.1, -0.05) is 0 Å². The minimum absolute atomic E-state index is 0.0430. The van der Waals surface area contributed by atoms with Crippen molar-refractivity contribution in [2.75, 3.05) is 19.7 Å². The summed E-state index contributed by atoms with van der Waals surface area (Å²) in [6.45, 7) is 2.91. The van der Waals surface area contributed by atoms with Gasteiger partial charge in [-0.25, -0.2) is 4.79 Å². The first-order valence-electron chi connectivity index (χ1n) is 6.35. The first-order valence-corrected chi connectivity index (χ1v) is 6.35. The van der Waals surface area contributed by atoms with Crippen LogP contribution >= 0.6 is 0 Å². The molecule has 1 unspecified atom stereocenters. The predicted octanol–water partition coefficient (Wildman–Crippen LogP) is 0.206. The van der Waals surface area contributed by atoms with Crippen molar-refractivity contribution in [3.05, 3.63) is 0 Å². The minimum Gasteiger partial charge on any atom is -0.480 e. The van der Waals surface area contributed by atoms with Gasteiger partial charge in [0.1, 0.15) is 6.61 Å². The lowest BCUT2D eigenvalue weighted by atomic mass is 10.1. The molecule has 0 saturated carbocycles. The van der Waals surface area contributed by atoms with Crippen molar-refractivity contribution in [1.29, 1.82) is 0 Å². The lowest BCUT2D eigenvalue weighted by molar-refractivity contribution is -0.146. The number of rotatable bonds is 6. The van der Waals surface area contributed by atoms with Gasteiger partial charge in [0.15, 0.2) is 0 Å². The molecule has 1 fully saturated rings. The van der Waals surface area contributed by atoms with Gasteiger partial charge >= 0.3 is 5.97 Å². The lowest BCUT2D eigenvalue weighted by Gasteiger charge is -2.31. The van der Waals surface area contributed by atoms with Crippen molar-refractivity contribution in [2.24, 2.45) is 5.73 Å². The van der Waals surface area contributed by atoms with Crippen LogP contribution in [0.3, 0.4) is 0 Å². The molecular weight excluding hydrogens is 236 g/mol. The summed E-state index contributed by atoms with van der Waals surface area (Å²) in [5, 5.41) is 8.50. The molecule has 18 heavy (non-hydrogen) atoms. The fourth-order valence-corrected chi connectivity index (χ4v) is 1.97. The fourth-order valence-electron chi connectivity index (χ4n) is 1.97. The standard InChI is InChI=1S/C12H22N2O4/c1-9(13)2-3-11(15)14-6-4-10(5-7-14)18-8-12(16)17/h9-10H,2-8,13H2,1H3,(H,16,17). The van der Waals surface area contributed by atoms with Crippen molar-refractivity contribution in [2.45, 2.75) is 44.8 Å². The van der Waals surface area contributed by atoms with Crippen LogP contribution in [0.25, 0.3) is 0 Å². The summed E-state index contributed by atoms with van der Waals surface area (Å²) in [7, 11) is 0. The monoisotopic (exact) mass is 258 g/mol. The largest absolute Gasteiger partial charge is 0.480 e. The number of nitrogens with zero attached hydrogens (tertiary/aromatic N) is 1. The Morgan fingerprint density at radius 2 is 2.06 bits per heavy atom. The highest BCUT2D eigenvalue weighted by atomic mass is 16.5. The van der Waals surface area contributed by atoms with Crippen molar-refractivity contribution < 1.29 is 19.4 Å². The zero-order valence-electron chi connectivity index (χ0n) is 10.8. The van der Waals surface area contributed by atoms with Crippen LogP contribution in [-0.4, -0.2) is 53.7 Å². The first kappa shape index (κ1) is 14.9. The molecule has 6 heteroatoms. The van der Waals surface area contributed by atoms with Crippen molar-refractivity contribution in [1.82, 2.24) is 4.90 Å². The summed E-state index contributed by atoms with van der Waals surface area (Å²) >= 11 is 0. The molecule has 104 valence electrons. The molecule has 0 aromatic carbocycles. The maximum absolute atomic E-state index is 11.8. The quantitative estimate of drug-likeness (QED) is 0.710. The zero-order chi connectivity index (χ0) is 13.5. The summed E-state index contributed by atoms with van der Waals surface area (Å²) in [4.78, 5) is 24.0. The summed E-state index contributed by atoms with van der Waals surface area (Å²) in [6.07, 6.45) is 2.56. The molecule has 0 bridgehead atoms. The van der Waals surface area contributed by atoms with Gasteiger partial charge in [0, 0.05) is 25.6 Å². The molecule has 6 nitrogen and oxygen atoms in total. The molecule has 0 aromatic heterocycles. The van der Waals surface area contributed by atoms with E-state index in [9.17, 15) is 9.59 Å². The van der Waals surface area contributed by atoms with E-state index in [1.807, 2.05) is 11.8 Å². The molecular formula is C12H22N2O4. The van der Waals surface area contributed by atoms with Crippen LogP contribution in [-0.2, 0) is 14.3 Å². The molecule has 1 aliphatic heterocycles. The molecule has 3 N–H and O–H groups in total. The smallest absolute Gasteiger partial charge is 0.329 e. The van der Waals surface area contributed by atoms with Crippen molar-refractivity contribution in [3.63, 3.8) is 0 Å². The van der Waals surface area contributed by atoms with E-state index in [0.717, 1.165) is 0 Å². The Bertz CT molecular complexity index is 286. The van der Waals surface area contributed by atoms with Crippen LogP contribution in [0.1, 0.15) is 32.6 Å². The molecule has 1 heterocycles. The van der Waals surface area contributed by atoms with E-state index in [1.54, 1.807) is 0 Å². The van der Waals surface area contributed by atoms with Gasteiger partial charge in [0.05, 0.1) is 6.10 Å². The maximum atomic E-state index is 11.8. The van der Waals surface area contributed by atoms with Crippen LogP contribution in [0, 0.1) is 0 Å². The Morgan fingerprint density at radius 1 is 1.44 bits per heavy atom. The van der Waals surface area contributed by atoms with Gasteiger partial charge < -0.3 is 20.5 Å². The maximum Gasteiger partial charge on any atom is 0.329 e. The molecule has 0 radical (unpaired) electrons. The van der Waals surface area contributed by atoms with Crippen LogP contribution in [0.4, 0.5) is 0 Å². The second-order valence-electron chi connectivity index (χ2n) is 4.80. The molecule has 0 spiro atoms. The summed E-state index contributed by atoms with van der Waals surface area (Å²) in [5.41, 5.74) is 5.61. The van der Waals surface area contributed by atoms with Crippen LogP contribution < -0.4 is 5.73 Å². The second-order valence-corrected chi connectivity index (χ2v) is 4.80. The van der Waals surface area contributed by atoms with Gasteiger partial charge in [-0.2, -0.15) is 0 Å². The number of likely N-dealkylation sites (tertiary alicyclic amines) is 1. The zero-order valence-corrected chi connectivity index (χ0v) is 10.8. The molecule has 0 aromatic rings. The number of piperidine rings is 1. The molecule has 1 atom stereocenters.